The van der Waals surface area contributed by atoms with E-state index in [1.54, 1.807) is 24.3 Å². The lowest BCUT2D eigenvalue weighted by atomic mass is 10.1. The van der Waals surface area contributed by atoms with E-state index in [1.807, 2.05) is 18.2 Å². The Morgan fingerprint density at radius 3 is 2.65 bits per heavy atom. The number of furan rings is 1. The molecule has 2 heterocycles. The smallest absolute Gasteiger partial charge is 0.270 e. The quantitative estimate of drug-likeness (QED) is 0.403. The lowest BCUT2D eigenvalue weighted by molar-refractivity contribution is -0.384. The second kappa shape index (κ2) is 6.20. The predicted octanol–water partition coefficient (Wildman–Crippen LogP) is 4.89. The minimum atomic E-state index is -0.542. The first kappa shape index (κ1) is 16.2. The molecule has 1 aliphatic rings. The maximum Gasteiger partial charge on any atom is 0.270 e. The Morgan fingerprint density at radius 1 is 1.08 bits per heavy atom. The number of nitrogens with zero attached hydrogens (tertiary/aromatic N) is 1. The molecule has 0 unspecified atom stereocenters. The summed E-state index contributed by atoms with van der Waals surface area (Å²) in [6.07, 6.45) is 1.63. The van der Waals surface area contributed by atoms with Gasteiger partial charge >= 0.3 is 0 Å². The third-order valence-electron chi connectivity index (χ3n) is 3.93. The summed E-state index contributed by atoms with van der Waals surface area (Å²) in [5, 5.41) is 20.9. The fourth-order valence-corrected chi connectivity index (χ4v) is 3.71. The number of nitro groups is 1. The van der Waals surface area contributed by atoms with Crippen molar-refractivity contribution in [3.05, 3.63) is 80.9 Å². The van der Waals surface area contributed by atoms with Crippen molar-refractivity contribution in [2.75, 3.05) is 0 Å². The zero-order chi connectivity index (χ0) is 18.3. The number of hydrogen-bond donors (Lipinski definition) is 1. The molecule has 0 aliphatic carbocycles. The van der Waals surface area contributed by atoms with E-state index in [0.717, 1.165) is 4.90 Å². The molecule has 1 N–H and O–H groups in total. The van der Waals surface area contributed by atoms with Gasteiger partial charge in [-0.1, -0.05) is 23.9 Å². The summed E-state index contributed by atoms with van der Waals surface area (Å²) in [6.45, 7) is 0. The average Bonchev–Trinajstić information content (AvgIpc) is 3.21. The van der Waals surface area contributed by atoms with Crippen LogP contribution < -0.4 is 0 Å². The van der Waals surface area contributed by atoms with Gasteiger partial charge in [-0.05, 0) is 36.4 Å². The largest absolute Gasteiger partial charge is 0.507 e. The van der Waals surface area contributed by atoms with E-state index < -0.39 is 4.92 Å². The SMILES string of the molecule is O=C1/C(=C/c2ccc(-c3cc([N+](=O)[O-])ccc3O)o2)Sc2ccccc21. The summed E-state index contributed by atoms with van der Waals surface area (Å²) >= 11 is 1.37. The minimum absolute atomic E-state index is 0.0678. The highest BCUT2D eigenvalue weighted by molar-refractivity contribution is 8.04. The summed E-state index contributed by atoms with van der Waals surface area (Å²) < 4.78 is 5.67. The molecule has 0 saturated heterocycles. The third-order valence-corrected chi connectivity index (χ3v) is 5.03. The number of fused-ring (bicyclic) bond motifs is 1. The van der Waals surface area contributed by atoms with Crippen molar-refractivity contribution >= 4 is 29.3 Å². The number of benzene rings is 2. The van der Waals surface area contributed by atoms with E-state index in [9.17, 15) is 20.0 Å². The first-order valence-corrected chi connectivity index (χ1v) is 8.45. The average molecular weight is 365 g/mol. The number of allylic oxidation sites excluding steroid dienone is 1. The monoisotopic (exact) mass is 365 g/mol. The number of aromatic hydroxyl groups is 1. The molecule has 0 amide bonds. The fourth-order valence-electron chi connectivity index (χ4n) is 2.68. The Hall–Kier alpha value is -3.32. The molecule has 7 heteroatoms. The molecular formula is C19H11NO5S. The van der Waals surface area contributed by atoms with Gasteiger partial charge < -0.3 is 9.52 Å². The summed E-state index contributed by atoms with van der Waals surface area (Å²) in [4.78, 5) is 24.2. The van der Waals surface area contributed by atoms with Crippen molar-refractivity contribution in [3.63, 3.8) is 0 Å². The number of nitro benzene ring substituents is 1. The number of phenolic OH excluding ortho intramolecular Hbond substituents is 1. The molecule has 2 aromatic carbocycles. The fraction of sp³-hybridized carbons (Fsp3) is 0. The molecule has 0 fully saturated rings. The number of non-ortho nitro benzene ring substituents is 1. The van der Waals surface area contributed by atoms with Gasteiger partial charge in [0.15, 0.2) is 0 Å². The van der Waals surface area contributed by atoms with Crippen LogP contribution in [0.15, 0.2) is 68.8 Å². The van der Waals surface area contributed by atoms with E-state index >= 15 is 0 Å². The molecule has 1 aromatic heterocycles. The molecule has 0 spiro atoms. The molecule has 0 atom stereocenters. The van der Waals surface area contributed by atoms with Gasteiger partial charge in [0.25, 0.3) is 5.69 Å². The van der Waals surface area contributed by atoms with Gasteiger partial charge in [0, 0.05) is 22.6 Å². The van der Waals surface area contributed by atoms with E-state index in [-0.39, 0.29) is 28.5 Å². The molecule has 0 bridgehead atoms. The van der Waals surface area contributed by atoms with Crippen molar-refractivity contribution in [1.29, 1.82) is 0 Å². The van der Waals surface area contributed by atoms with Crippen molar-refractivity contribution < 1.29 is 19.2 Å². The molecule has 26 heavy (non-hydrogen) atoms. The van der Waals surface area contributed by atoms with Crippen LogP contribution >= 0.6 is 11.8 Å². The van der Waals surface area contributed by atoms with Crippen LogP contribution in [0.1, 0.15) is 16.1 Å². The molecular weight excluding hydrogens is 354 g/mol. The summed E-state index contributed by atoms with van der Waals surface area (Å²) in [5.74, 6) is 0.519. The standard InChI is InChI=1S/C19H11NO5S/c21-15-7-5-11(20(23)24)9-14(15)16-8-6-12(25-16)10-18-19(22)13-3-1-2-4-17(13)26-18/h1-10,21H/b18-10-. The van der Waals surface area contributed by atoms with Crippen molar-refractivity contribution in [2.24, 2.45) is 0 Å². The van der Waals surface area contributed by atoms with Crippen molar-refractivity contribution in [2.45, 2.75) is 4.90 Å². The van der Waals surface area contributed by atoms with Crippen LogP contribution in [0.2, 0.25) is 0 Å². The lowest BCUT2D eigenvalue weighted by Gasteiger charge is -2.01. The van der Waals surface area contributed by atoms with E-state index in [4.69, 9.17) is 4.42 Å². The predicted molar refractivity (Wildman–Crippen MR) is 97.1 cm³/mol. The van der Waals surface area contributed by atoms with E-state index in [2.05, 4.69) is 0 Å². The van der Waals surface area contributed by atoms with Gasteiger partial charge in [-0.15, -0.1) is 0 Å². The molecule has 0 radical (unpaired) electrons. The van der Waals surface area contributed by atoms with Crippen LogP contribution in [0, 0.1) is 10.1 Å². The van der Waals surface area contributed by atoms with Crippen LogP contribution in [0.4, 0.5) is 5.69 Å². The number of Topliss-reactive ketones (excluding diaryl/α,β-unsaturated/α-hetero) is 1. The zero-order valence-electron chi connectivity index (χ0n) is 13.2. The van der Waals surface area contributed by atoms with Gasteiger partial charge in [-0.25, -0.2) is 0 Å². The Morgan fingerprint density at radius 2 is 1.88 bits per heavy atom. The summed E-state index contributed by atoms with van der Waals surface area (Å²) in [5.41, 5.74) is 0.732. The first-order chi connectivity index (χ1) is 12.5. The van der Waals surface area contributed by atoms with E-state index in [0.29, 0.717) is 16.2 Å². The number of carbonyl (C=O) groups is 1. The Balaban J connectivity index is 1.67. The number of rotatable bonds is 3. The topological polar surface area (TPSA) is 93.6 Å². The van der Waals surface area contributed by atoms with Gasteiger partial charge in [0.2, 0.25) is 5.78 Å². The third kappa shape index (κ3) is 2.78. The molecule has 0 saturated carbocycles. The van der Waals surface area contributed by atoms with Gasteiger partial charge in [-0.3, -0.25) is 14.9 Å². The molecule has 1 aliphatic heterocycles. The number of hydrogen-bond acceptors (Lipinski definition) is 6. The lowest BCUT2D eigenvalue weighted by Crippen LogP contribution is -1.93. The van der Waals surface area contributed by atoms with Gasteiger partial charge in [0.1, 0.15) is 17.3 Å². The summed E-state index contributed by atoms with van der Waals surface area (Å²) in [7, 11) is 0. The molecule has 6 nitrogen and oxygen atoms in total. The van der Waals surface area contributed by atoms with Gasteiger partial charge in [0.05, 0.1) is 15.4 Å². The number of thioether (sulfide) groups is 1. The van der Waals surface area contributed by atoms with Crippen molar-refractivity contribution in [1.82, 2.24) is 0 Å². The molecule has 128 valence electrons. The van der Waals surface area contributed by atoms with Crippen LogP contribution in [-0.2, 0) is 0 Å². The highest BCUT2D eigenvalue weighted by Gasteiger charge is 2.25. The normalized spacial score (nSPS) is 14.6. The van der Waals surface area contributed by atoms with Crippen molar-refractivity contribution in [3.8, 4) is 17.1 Å². The Bertz CT molecular complexity index is 1080. The molecule has 3 aromatic rings. The number of phenols is 1. The maximum absolute atomic E-state index is 12.4. The zero-order valence-corrected chi connectivity index (χ0v) is 14.0. The van der Waals surface area contributed by atoms with Crippen LogP contribution in [0.25, 0.3) is 17.4 Å². The van der Waals surface area contributed by atoms with Crippen LogP contribution in [0.3, 0.4) is 0 Å². The van der Waals surface area contributed by atoms with E-state index in [1.165, 1.54) is 30.0 Å². The Labute approximate surface area is 151 Å². The second-order valence-corrected chi connectivity index (χ2v) is 6.68. The Kier molecular flexibility index (Phi) is 3.85. The van der Waals surface area contributed by atoms with Crippen LogP contribution in [0.5, 0.6) is 5.75 Å². The summed E-state index contributed by atoms with van der Waals surface area (Å²) in [6, 6.07) is 14.3. The van der Waals surface area contributed by atoms with Crippen LogP contribution in [-0.4, -0.2) is 15.8 Å². The minimum Gasteiger partial charge on any atom is -0.507 e. The highest BCUT2D eigenvalue weighted by atomic mass is 32.2. The van der Waals surface area contributed by atoms with Gasteiger partial charge in [-0.2, -0.15) is 0 Å². The number of carbonyl (C=O) groups excluding carboxylic acids is 1. The highest BCUT2D eigenvalue weighted by Crippen LogP contribution is 2.41. The molecule has 4 rings (SSSR count). The first-order valence-electron chi connectivity index (χ1n) is 7.64. The number of ketones is 1. The maximum atomic E-state index is 12.4. The second-order valence-electron chi connectivity index (χ2n) is 5.60.